The molecule has 0 radical (unpaired) electrons. The number of hydrogen-bond acceptors (Lipinski definition) is 4. The SMILES string of the molecule is CN=C(NCc1cc(Br)c(OC)c(OC)c1)NCC(C)Cc1cccs1.I. The highest BCUT2D eigenvalue weighted by molar-refractivity contribution is 14.0. The molecular formula is C19H27BrIN3O2S. The number of hydrogen-bond donors (Lipinski definition) is 2. The molecule has 0 saturated carbocycles. The van der Waals surface area contributed by atoms with Crippen LogP contribution in [0.15, 0.2) is 39.1 Å². The van der Waals surface area contributed by atoms with E-state index in [1.54, 1.807) is 32.6 Å². The van der Waals surface area contributed by atoms with Crippen LogP contribution < -0.4 is 20.1 Å². The number of guanidine groups is 1. The molecule has 0 aliphatic carbocycles. The van der Waals surface area contributed by atoms with E-state index in [-0.39, 0.29) is 24.0 Å². The molecule has 150 valence electrons. The maximum Gasteiger partial charge on any atom is 0.191 e. The summed E-state index contributed by atoms with van der Waals surface area (Å²) in [6.45, 7) is 3.75. The Balaban J connectivity index is 0.00000364. The molecular weight excluding hydrogens is 541 g/mol. The van der Waals surface area contributed by atoms with Gasteiger partial charge in [0, 0.05) is 25.0 Å². The molecule has 0 aliphatic rings. The Hall–Kier alpha value is -1.000. The summed E-state index contributed by atoms with van der Waals surface area (Å²) >= 11 is 5.33. The zero-order valence-electron chi connectivity index (χ0n) is 16.0. The van der Waals surface area contributed by atoms with E-state index in [1.807, 2.05) is 12.1 Å². The second kappa shape index (κ2) is 12.5. The highest BCUT2D eigenvalue weighted by Gasteiger charge is 2.11. The van der Waals surface area contributed by atoms with Crippen LogP contribution in [0.25, 0.3) is 0 Å². The largest absolute Gasteiger partial charge is 0.493 e. The van der Waals surface area contributed by atoms with Crippen LogP contribution in [-0.2, 0) is 13.0 Å². The van der Waals surface area contributed by atoms with Crippen LogP contribution in [0.2, 0.25) is 0 Å². The van der Waals surface area contributed by atoms with E-state index in [2.05, 4.69) is 56.0 Å². The fourth-order valence-corrected chi connectivity index (χ4v) is 4.12. The van der Waals surface area contributed by atoms with Crippen molar-refractivity contribution in [2.24, 2.45) is 10.9 Å². The van der Waals surface area contributed by atoms with Crippen LogP contribution in [-0.4, -0.2) is 33.8 Å². The molecule has 1 aromatic carbocycles. The Morgan fingerprint density at radius 2 is 2.04 bits per heavy atom. The van der Waals surface area contributed by atoms with Gasteiger partial charge in [-0.1, -0.05) is 13.0 Å². The van der Waals surface area contributed by atoms with Gasteiger partial charge in [0.2, 0.25) is 0 Å². The van der Waals surface area contributed by atoms with E-state index in [9.17, 15) is 0 Å². The molecule has 1 atom stereocenters. The first kappa shape index (κ1) is 24.0. The molecule has 2 rings (SSSR count). The smallest absolute Gasteiger partial charge is 0.191 e. The van der Waals surface area contributed by atoms with Crippen LogP contribution in [0.1, 0.15) is 17.4 Å². The van der Waals surface area contributed by atoms with Gasteiger partial charge in [0.05, 0.1) is 18.7 Å². The molecule has 0 saturated heterocycles. The summed E-state index contributed by atoms with van der Waals surface area (Å²) in [4.78, 5) is 5.71. The van der Waals surface area contributed by atoms with Crippen molar-refractivity contribution < 1.29 is 9.47 Å². The normalized spacial score (nSPS) is 12.1. The monoisotopic (exact) mass is 567 g/mol. The fraction of sp³-hybridized carbons (Fsp3) is 0.421. The van der Waals surface area contributed by atoms with Crippen LogP contribution >= 0.6 is 51.2 Å². The zero-order chi connectivity index (χ0) is 18.9. The predicted octanol–water partition coefficient (Wildman–Crippen LogP) is 4.69. The number of nitrogens with one attached hydrogen (secondary N) is 2. The number of thiophene rings is 1. The van der Waals surface area contributed by atoms with Gasteiger partial charge >= 0.3 is 0 Å². The number of halogens is 2. The number of nitrogens with zero attached hydrogens (tertiary/aromatic N) is 1. The van der Waals surface area contributed by atoms with Crippen LogP contribution in [0.5, 0.6) is 11.5 Å². The number of rotatable bonds is 8. The Morgan fingerprint density at radius 3 is 2.63 bits per heavy atom. The molecule has 0 aliphatic heterocycles. The topological polar surface area (TPSA) is 54.9 Å². The van der Waals surface area contributed by atoms with Gasteiger partial charge in [-0.05, 0) is 57.4 Å². The summed E-state index contributed by atoms with van der Waals surface area (Å²) in [5.74, 6) is 2.71. The van der Waals surface area contributed by atoms with Crippen molar-refractivity contribution in [2.75, 3.05) is 27.8 Å². The quantitative estimate of drug-likeness (QED) is 0.276. The Kier molecular flexibility index (Phi) is 11.1. The highest BCUT2D eigenvalue weighted by Crippen LogP contribution is 2.36. The van der Waals surface area contributed by atoms with E-state index < -0.39 is 0 Å². The number of aliphatic imine (C=N–C) groups is 1. The molecule has 27 heavy (non-hydrogen) atoms. The Bertz CT molecular complexity index is 726. The summed E-state index contributed by atoms with van der Waals surface area (Å²) in [5.41, 5.74) is 1.07. The van der Waals surface area contributed by atoms with Gasteiger partial charge < -0.3 is 20.1 Å². The van der Waals surface area contributed by atoms with Gasteiger partial charge in [-0.3, -0.25) is 4.99 Å². The molecule has 0 bridgehead atoms. The van der Waals surface area contributed by atoms with Crippen molar-refractivity contribution in [3.8, 4) is 11.5 Å². The first-order chi connectivity index (χ1) is 12.6. The molecule has 1 aromatic heterocycles. The van der Waals surface area contributed by atoms with E-state index in [0.717, 1.165) is 29.0 Å². The van der Waals surface area contributed by atoms with Gasteiger partial charge in [-0.15, -0.1) is 35.3 Å². The average molecular weight is 568 g/mol. The number of ether oxygens (including phenoxy) is 2. The van der Waals surface area contributed by atoms with E-state index in [0.29, 0.717) is 24.0 Å². The zero-order valence-corrected chi connectivity index (χ0v) is 20.8. The fourth-order valence-electron chi connectivity index (χ4n) is 2.60. The van der Waals surface area contributed by atoms with Crippen molar-refractivity contribution in [3.05, 3.63) is 44.6 Å². The molecule has 2 N–H and O–H groups in total. The first-order valence-electron chi connectivity index (χ1n) is 8.44. The molecule has 1 unspecified atom stereocenters. The third-order valence-electron chi connectivity index (χ3n) is 3.92. The van der Waals surface area contributed by atoms with Crippen LogP contribution in [0.4, 0.5) is 0 Å². The summed E-state index contributed by atoms with van der Waals surface area (Å²) in [6, 6.07) is 8.26. The van der Waals surface area contributed by atoms with Crippen LogP contribution in [0, 0.1) is 5.92 Å². The molecule has 5 nitrogen and oxygen atoms in total. The van der Waals surface area contributed by atoms with Crippen molar-refractivity contribution in [3.63, 3.8) is 0 Å². The molecule has 0 fully saturated rings. The first-order valence-corrected chi connectivity index (χ1v) is 10.1. The summed E-state index contributed by atoms with van der Waals surface area (Å²) in [6.07, 6.45) is 1.07. The van der Waals surface area contributed by atoms with Gasteiger partial charge in [0.15, 0.2) is 17.5 Å². The highest BCUT2D eigenvalue weighted by atomic mass is 127. The average Bonchev–Trinajstić information content (AvgIpc) is 3.14. The minimum absolute atomic E-state index is 0. The minimum atomic E-state index is 0. The maximum absolute atomic E-state index is 5.39. The minimum Gasteiger partial charge on any atom is -0.493 e. The van der Waals surface area contributed by atoms with Crippen LogP contribution in [0.3, 0.4) is 0 Å². The van der Waals surface area contributed by atoms with Crippen molar-refractivity contribution >= 4 is 57.2 Å². The van der Waals surface area contributed by atoms with Crippen molar-refractivity contribution in [2.45, 2.75) is 19.9 Å². The maximum atomic E-state index is 5.39. The summed E-state index contributed by atoms with van der Waals surface area (Å²) in [7, 11) is 5.05. The predicted molar refractivity (Wildman–Crippen MR) is 128 cm³/mol. The lowest BCUT2D eigenvalue weighted by Gasteiger charge is -2.16. The number of methoxy groups -OCH3 is 2. The lowest BCUT2D eigenvalue weighted by Crippen LogP contribution is -2.39. The lowest BCUT2D eigenvalue weighted by molar-refractivity contribution is 0.352. The van der Waals surface area contributed by atoms with E-state index >= 15 is 0 Å². The number of benzene rings is 1. The van der Waals surface area contributed by atoms with Gasteiger partial charge in [0.1, 0.15) is 0 Å². The summed E-state index contributed by atoms with van der Waals surface area (Å²) in [5, 5.41) is 8.86. The third kappa shape index (κ3) is 7.50. The second-order valence-corrected chi connectivity index (χ2v) is 7.90. The van der Waals surface area contributed by atoms with E-state index in [1.165, 1.54) is 4.88 Å². The van der Waals surface area contributed by atoms with Crippen molar-refractivity contribution in [1.29, 1.82) is 0 Å². The molecule has 0 spiro atoms. The van der Waals surface area contributed by atoms with E-state index in [4.69, 9.17) is 9.47 Å². The second-order valence-electron chi connectivity index (χ2n) is 6.01. The standard InChI is InChI=1S/C19H26BrN3O2S.HI/c1-13(8-15-6-5-7-26-15)11-22-19(21-2)23-12-14-9-16(20)18(25-4)17(10-14)24-3;/h5-7,9-10,13H,8,11-12H2,1-4H3,(H2,21,22,23);1H. The Morgan fingerprint density at radius 1 is 1.26 bits per heavy atom. The summed E-state index contributed by atoms with van der Waals surface area (Å²) < 4.78 is 11.6. The van der Waals surface area contributed by atoms with Crippen molar-refractivity contribution in [1.82, 2.24) is 10.6 Å². The molecule has 0 amide bonds. The Labute approximate surface area is 191 Å². The van der Waals surface area contributed by atoms with Gasteiger partial charge in [0.25, 0.3) is 0 Å². The molecule has 8 heteroatoms. The van der Waals surface area contributed by atoms with Gasteiger partial charge in [-0.2, -0.15) is 0 Å². The third-order valence-corrected chi connectivity index (χ3v) is 5.41. The lowest BCUT2D eigenvalue weighted by atomic mass is 10.1. The molecule has 1 heterocycles. The molecule has 2 aromatic rings. The van der Waals surface area contributed by atoms with Gasteiger partial charge in [-0.25, -0.2) is 0 Å².